The Balaban J connectivity index is 1.00. The van der Waals surface area contributed by atoms with Crippen LogP contribution >= 0.6 is 68.0 Å². The molecule has 4 atom stereocenters. The zero-order chi connectivity index (χ0) is 59.7. The molecule has 0 saturated carbocycles. The number of hydrogen-bond donors (Lipinski definition) is 6. The first-order chi connectivity index (χ1) is 41.1. The summed E-state index contributed by atoms with van der Waals surface area (Å²) in [6.07, 6.45) is -1.27. The smallest absolute Gasteiger partial charge is 0.412 e. The van der Waals surface area contributed by atoms with E-state index in [0.29, 0.717) is 99.9 Å². The summed E-state index contributed by atoms with van der Waals surface area (Å²) in [5, 5.41) is 36.3. The van der Waals surface area contributed by atoms with E-state index < -0.39 is 36.1 Å². The summed E-state index contributed by atoms with van der Waals surface area (Å²) in [6, 6.07) is 10.7. The van der Waals surface area contributed by atoms with Crippen LogP contribution in [0.5, 0.6) is 0 Å². The number of amides is 4. The number of nitrogens with zero attached hydrogens (tertiary/aromatic N) is 8. The molecule has 22 nitrogen and oxygen atoms in total. The van der Waals surface area contributed by atoms with Gasteiger partial charge in [-0.2, -0.15) is 0 Å². The van der Waals surface area contributed by atoms with Crippen molar-refractivity contribution in [3.05, 3.63) is 118 Å². The van der Waals surface area contributed by atoms with Crippen molar-refractivity contribution < 1.29 is 43.3 Å². The van der Waals surface area contributed by atoms with Gasteiger partial charge in [0.15, 0.2) is 5.78 Å². The fourth-order valence-corrected chi connectivity index (χ4v) is 15.0. The first-order valence-electron chi connectivity index (χ1n) is 27.2. The van der Waals surface area contributed by atoms with Crippen molar-refractivity contribution in [2.75, 3.05) is 65.5 Å². The summed E-state index contributed by atoms with van der Waals surface area (Å²) >= 11 is 7.66. The molecule has 85 heavy (non-hydrogen) atoms. The number of Topliss-reactive ketones (excluding diaryl/α,β-unsaturated/α-hetero) is 1. The van der Waals surface area contributed by atoms with Crippen LogP contribution in [0, 0.1) is 12.8 Å². The summed E-state index contributed by atoms with van der Waals surface area (Å²) in [5.74, 6) is -1.74. The Bertz CT molecular complexity index is 3700. The number of aromatic nitrogens is 7. The molecule has 9 heterocycles. The molecule has 0 aliphatic carbocycles. The summed E-state index contributed by atoms with van der Waals surface area (Å²) < 4.78 is 16.5. The number of hydrogen-bond acceptors (Lipinski definition) is 24. The van der Waals surface area contributed by atoms with Gasteiger partial charge in [0.2, 0.25) is 11.8 Å². The number of carbonyl (C=O) groups is 5. The number of aliphatic hydroxyl groups is 1. The maximum atomic E-state index is 14.4. The predicted molar refractivity (Wildman–Crippen MR) is 330 cm³/mol. The molecule has 0 radical (unpaired) electrons. The number of anilines is 1. The van der Waals surface area contributed by atoms with Crippen molar-refractivity contribution in [1.29, 1.82) is 0 Å². The number of methoxy groups -OCH3 is 1. The van der Waals surface area contributed by atoms with Crippen molar-refractivity contribution in [2.24, 2.45) is 5.92 Å². The molecule has 0 spiro atoms. The number of thiazole rings is 6. The van der Waals surface area contributed by atoms with Crippen LogP contribution in [0.2, 0.25) is 0 Å². The molecule has 1 aromatic carbocycles. The second-order valence-electron chi connectivity index (χ2n) is 20.2. The van der Waals surface area contributed by atoms with E-state index in [-0.39, 0.29) is 73.3 Å². The van der Waals surface area contributed by atoms with Gasteiger partial charge in [0.1, 0.15) is 77.2 Å². The maximum Gasteiger partial charge on any atom is 0.412 e. The lowest BCUT2D eigenvalue weighted by molar-refractivity contribution is -0.122. The molecule has 2 aliphatic heterocycles. The first kappa shape index (κ1) is 61.0. The van der Waals surface area contributed by atoms with E-state index in [9.17, 15) is 29.1 Å². The molecule has 10 bridgehead atoms. The summed E-state index contributed by atoms with van der Waals surface area (Å²) in [7, 11) is 3.07. The fourth-order valence-electron chi connectivity index (χ4n) is 9.40. The number of aliphatic hydroxyl groups excluding tert-OH is 1. The lowest BCUT2D eigenvalue weighted by atomic mass is 9.90. The molecule has 6 N–H and O–H groups in total. The number of benzene rings is 1. The number of ether oxygens (including phenoxy) is 3. The average molecular weight is 1260 g/mol. The molecule has 8 aromatic rings. The van der Waals surface area contributed by atoms with Crippen LogP contribution in [0.15, 0.2) is 70.6 Å². The van der Waals surface area contributed by atoms with E-state index in [1.54, 1.807) is 55.1 Å². The standard InChI is InChI=1S/C57H61N13O9S6/c1-29(2)34-21-40(71)46-31(4)84-55(69-46)36(22-43(72)58-5)61-50(75)38-26-80-51(63-38)33-13-14-35(53-65-42(28-83-53)66-57(76)79-18-10-15-70-16-19-78-20-17-70)60-47(33)37-25-81-54(62-37)39-27-82-56(64-39)48(49(74)32-11-8-7-9-12-32)67-44(73)23-59-30(3)45-41(24-77-6)85-52(34)68-45/h7-9,11-14,25-29,34,36,48-49,59,74H,3,10,15-24H2,1-2,4-6H3,(H,58,72)(H,61,75)(H,66,76)(H,67,73)/t34-,36+,48+,49+/m1/s1. The molecule has 28 heteroatoms. The van der Waals surface area contributed by atoms with Crippen molar-refractivity contribution in [3.63, 3.8) is 0 Å². The van der Waals surface area contributed by atoms with Crippen LogP contribution < -0.4 is 26.6 Å². The van der Waals surface area contributed by atoms with Gasteiger partial charge in [0, 0.05) is 78.1 Å². The van der Waals surface area contributed by atoms with Crippen LogP contribution in [0.4, 0.5) is 10.6 Å². The number of ketones is 1. The van der Waals surface area contributed by atoms with Gasteiger partial charge in [-0.3, -0.25) is 29.4 Å². The molecular formula is C57H61N13O9S6. The summed E-state index contributed by atoms with van der Waals surface area (Å²) in [6.45, 7) is 14.1. The second-order valence-corrected chi connectivity index (χ2v) is 26.0. The molecule has 1 saturated heterocycles. The quantitative estimate of drug-likeness (QED) is 0.0586. The number of aryl methyl sites for hydroxylation is 1. The lowest BCUT2D eigenvalue weighted by Crippen LogP contribution is -2.38. The van der Waals surface area contributed by atoms with Crippen LogP contribution in [-0.2, 0) is 30.4 Å². The van der Waals surface area contributed by atoms with E-state index in [1.807, 2.05) is 36.7 Å². The molecule has 7 aromatic heterocycles. The average Bonchev–Trinajstić information content (AvgIpc) is 2.99. The number of morpholine rings is 1. The van der Waals surface area contributed by atoms with Crippen molar-refractivity contribution >= 4 is 109 Å². The second kappa shape index (κ2) is 27.9. The van der Waals surface area contributed by atoms with Crippen molar-refractivity contribution in [1.82, 2.24) is 61.1 Å². The highest BCUT2D eigenvalue weighted by Crippen LogP contribution is 2.41. The number of carbonyl (C=O) groups excluding carboxylic acids is 5. The van der Waals surface area contributed by atoms with Crippen molar-refractivity contribution in [3.8, 4) is 43.4 Å². The summed E-state index contributed by atoms with van der Waals surface area (Å²) in [4.78, 5) is 107. The molecular weight excluding hydrogens is 1200 g/mol. The number of pyridine rings is 1. The molecule has 1 fully saturated rings. The van der Waals surface area contributed by atoms with Gasteiger partial charge in [0.25, 0.3) is 5.91 Å². The minimum absolute atomic E-state index is 0.0487. The van der Waals surface area contributed by atoms with Crippen LogP contribution in [-0.4, -0.2) is 135 Å². The third-order valence-corrected chi connectivity index (χ3v) is 19.7. The minimum atomic E-state index is -1.20. The molecule has 0 unspecified atom stereocenters. The van der Waals surface area contributed by atoms with Crippen LogP contribution in [0.25, 0.3) is 49.1 Å². The largest absolute Gasteiger partial charge is 0.449 e. The highest BCUT2D eigenvalue weighted by atomic mass is 32.1. The number of fused-ring (bicyclic) bond motifs is 14. The number of rotatable bonds is 13. The third-order valence-electron chi connectivity index (χ3n) is 13.9. The van der Waals surface area contributed by atoms with Gasteiger partial charge >= 0.3 is 6.09 Å². The third kappa shape index (κ3) is 14.8. The zero-order valence-electron chi connectivity index (χ0n) is 47.0. The zero-order valence-corrected chi connectivity index (χ0v) is 51.9. The molecule has 4 amide bonds. The lowest BCUT2D eigenvalue weighted by Gasteiger charge is -2.26. The Morgan fingerprint density at radius 1 is 0.812 bits per heavy atom. The number of nitrogens with one attached hydrogen (secondary N) is 5. The first-order valence-corrected chi connectivity index (χ1v) is 32.3. The SMILES string of the molecule is C=C1NCC(=O)N[C@@H]([C@@H](O)c2ccccc2)c2nc(cs2)-c2nc(cs2)-c2nc(-c3nc(NC(=O)OCCCN4CCOCC4)cs3)ccc2-c2nc(cs2)C(=O)N[C@@H](CC(=O)NC)c2nc(c(C)s2)C(=O)C[C@H](C(C)C)c2nc1c(COC)s2. The Kier molecular flexibility index (Phi) is 20.0. The Labute approximate surface area is 513 Å². The van der Waals surface area contributed by atoms with Gasteiger partial charge in [-0.1, -0.05) is 50.8 Å². The summed E-state index contributed by atoms with van der Waals surface area (Å²) in [5.41, 5.74) is 4.04. The van der Waals surface area contributed by atoms with E-state index >= 15 is 0 Å². The predicted octanol–water partition coefficient (Wildman–Crippen LogP) is 9.30. The van der Waals surface area contributed by atoms with Gasteiger partial charge in [0.05, 0.1) is 66.7 Å². The topological polar surface area (TPSA) is 287 Å². The van der Waals surface area contributed by atoms with Crippen LogP contribution in [0.3, 0.4) is 0 Å². The van der Waals surface area contributed by atoms with E-state index in [4.69, 9.17) is 44.1 Å². The van der Waals surface area contributed by atoms with Gasteiger partial charge in [-0.05, 0) is 37.0 Å². The Morgan fingerprint density at radius 3 is 2.32 bits per heavy atom. The fraction of sp³-hybridized carbons (Fsp3) is 0.368. The van der Waals surface area contributed by atoms with E-state index in [1.165, 1.54) is 75.1 Å². The highest BCUT2D eigenvalue weighted by Gasteiger charge is 2.33. The Hall–Kier alpha value is -7.12. The maximum absolute atomic E-state index is 14.4. The monoisotopic (exact) mass is 1260 g/mol. The van der Waals surface area contributed by atoms with Crippen LogP contribution in [0.1, 0.15) is 114 Å². The minimum Gasteiger partial charge on any atom is -0.449 e. The van der Waals surface area contributed by atoms with Crippen molar-refractivity contribution in [2.45, 2.75) is 70.7 Å². The van der Waals surface area contributed by atoms with E-state index in [0.717, 1.165) is 24.5 Å². The van der Waals surface area contributed by atoms with E-state index in [2.05, 4.69) is 43.0 Å². The highest BCUT2D eigenvalue weighted by molar-refractivity contribution is 7.15. The molecule has 444 valence electrons. The van der Waals surface area contributed by atoms with Gasteiger partial charge in [-0.25, -0.2) is 39.7 Å². The normalized spacial score (nSPS) is 17.6. The van der Waals surface area contributed by atoms with Gasteiger partial charge < -0.3 is 40.6 Å². The molecule has 2 aliphatic rings. The molecule has 10 rings (SSSR count). The van der Waals surface area contributed by atoms with Gasteiger partial charge in [-0.15, -0.1) is 68.0 Å². The Morgan fingerprint density at radius 2 is 1.54 bits per heavy atom.